The van der Waals surface area contributed by atoms with Crippen molar-refractivity contribution < 1.29 is 9.94 Å². The van der Waals surface area contributed by atoms with Gasteiger partial charge in [-0.2, -0.15) is 0 Å². The van der Waals surface area contributed by atoms with Crippen molar-refractivity contribution in [2.24, 2.45) is 5.16 Å². The van der Waals surface area contributed by atoms with Crippen molar-refractivity contribution in [2.45, 2.75) is 12.8 Å². The first-order valence-corrected chi connectivity index (χ1v) is 4.88. The van der Waals surface area contributed by atoms with E-state index in [-0.39, 0.29) is 0 Å². The summed E-state index contributed by atoms with van der Waals surface area (Å²) in [7, 11) is 0. The average Bonchev–Trinajstić information content (AvgIpc) is 2.27. The third kappa shape index (κ3) is 3.85. The molecule has 0 heterocycles. The second-order valence-corrected chi connectivity index (χ2v) is 3.06. The number of oxime groups is 1. The van der Waals surface area contributed by atoms with Gasteiger partial charge in [0.2, 0.25) is 0 Å². The predicted molar refractivity (Wildman–Crippen MR) is 60.7 cm³/mol. The van der Waals surface area contributed by atoms with Crippen molar-refractivity contribution in [2.75, 3.05) is 6.61 Å². The maximum absolute atomic E-state index is 8.45. The molecule has 1 aromatic carbocycles. The lowest BCUT2D eigenvalue weighted by atomic mass is 10.2. The highest BCUT2D eigenvalue weighted by atomic mass is 16.5. The minimum atomic E-state index is 0.641. The van der Waals surface area contributed by atoms with Crippen molar-refractivity contribution in [3.8, 4) is 5.75 Å². The molecule has 0 aliphatic rings. The lowest BCUT2D eigenvalue weighted by Gasteiger charge is -2.07. The predicted octanol–water partition coefficient (Wildman–Crippen LogP) is 2.84. The Hall–Kier alpha value is -1.77. The number of benzene rings is 1. The monoisotopic (exact) mass is 205 g/mol. The molecule has 3 heteroatoms. The first kappa shape index (κ1) is 11.3. The number of ether oxygens (including phenoxy) is 1. The number of rotatable bonds is 6. The molecule has 0 unspecified atom stereocenters. The standard InChI is InChI=1S/C12H15NO2/c1-2-3-6-9-15-12-8-5-4-7-11(12)10-13-14/h2,4-5,7-8,10,14H,1,3,6,9H2/b13-10+. The van der Waals surface area contributed by atoms with E-state index < -0.39 is 0 Å². The summed E-state index contributed by atoms with van der Waals surface area (Å²) in [5.74, 6) is 0.736. The molecule has 0 saturated heterocycles. The van der Waals surface area contributed by atoms with Crippen LogP contribution in [0.3, 0.4) is 0 Å². The highest BCUT2D eigenvalue weighted by Crippen LogP contribution is 2.16. The smallest absolute Gasteiger partial charge is 0.128 e. The number of hydrogen-bond acceptors (Lipinski definition) is 3. The number of unbranched alkanes of at least 4 members (excludes halogenated alkanes) is 1. The Morgan fingerprint density at radius 3 is 2.93 bits per heavy atom. The second-order valence-electron chi connectivity index (χ2n) is 3.06. The molecule has 0 fully saturated rings. The minimum absolute atomic E-state index is 0.641. The Morgan fingerprint density at radius 2 is 2.20 bits per heavy atom. The Labute approximate surface area is 89.7 Å². The highest BCUT2D eigenvalue weighted by Gasteiger charge is 1.99. The Kier molecular flexibility index (Phi) is 5.01. The topological polar surface area (TPSA) is 41.8 Å². The van der Waals surface area contributed by atoms with Gasteiger partial charge in [-0.15, -0.1) is 6.58 Å². The van der Waals surface area contributed by atoms with E-state index >= 15 is 0 Å². The Balaban J connectivity index is 2.55. The molecule has 0 spiro atoms. The zero-order valence-corrected chi connectivity index (χ0v) is 8.60. The summed E-state index contributed by atoms with van der Waals surface area (Å²) in [6, 6.07) is 7.44. The van der Waals surface area contributed by atoms with Gasteiger partial charge in [-0.25, -0.2) is 0 Å². The summed E-state index contributed by atoms with van der Waals surface area (Å²) in [4.78, 5) is 0. The fourth-order valence-electron chi connectivity index (χ4n) is 1.19. The molecule has 1 aromatic rings. The fraction of sp³-hybridized carbons (Fsp3) is 0.250. The minimum Gasteiger partial charge on any atom is -0.493 e. The lowest BCUT2D eigenvalue weighted by molar-refractivity contribution is 0.309. The number of allylic oxidation sites excluding steroid dienone is 1. The van der Waals surface area contributed by atoms with Crippen molar-refractivity contribution in [1.82, 2.24) is 0 Å². The van der Waals surface area contributed by atoms with Crippen LogP contribution in [0.15, 0.2) is 42.1 Å². The fourth-order valence-corrected chi connectivity index (χ4v) is 1.19. The van der Waals surface area contributed by atoms with Crippen molar-refractivity contribution in [3.63, 3.8) is 0 Å². The molecular weight excluding hydrogens is 190 g/mol. The van der Waals surface area contributed by atoms with Crippen LogP contribution in [0, 0.1) is 0 Å². The van der Waals surface area contributed by atoms with Crippen LogP contribution in [0.25, 0.3) is 0 Å². The number of para-hydroxylation sites is 1. The zero-order valence-electron chi connectivity index (χ0n) is 8.60. The van der Waals surface area contributed by atoms with E-state index in [0.29, 0.717) is 6.61 Å². The second kappa shape index (κ2) is 6.65. The first-order chi connectivity index (χ1) is 7.38. The van der Waals surface area contributed by atoms with Gasteiger partial charge >= 0.3 is 0 Å². The van der Waals surface area contributed by atoms with Crippen LogP contribution >= 0.6 is 0 Å². The van der Waals surface area contributed by atoms with Gasteiger partial charge in [-0.1, -0.05) is 23.4 Å². The van der Waals surface area contributed by atoms with E-state index in [1.807, 2.05) is 30.3 Å². The van der Waals surface area contributed by atoms with Crippen LogP contribution in [0.2, 0.25) is 0 Å². The van der Waals surface area contributed by atoms with Gasteiger partial charge in [0.15, 0.2) is 0 Å². The summed E-state index contributed by atoms with van der Waals surface area (Å²) < 4.78 is 5.54. The van der Waals surface area contributed by atoms with E-state index in [2.05, 4.69) is 11.7 Å². The SMILES string of the molecule is C=CCCCOc1ccccc1/C=N/O. The van der Waals surface area contributed by atoms with Gasteiger partial charge in [0.25, 0.3) is 0 Å². The molecule has 15 heavy (non-hydrogen) atoms. The first-order valence-electron chi connectivity index (χ1n) is 4.88. The largest absolute Gasteiger partial charge is 0.493 e. The quantitative estimate of drug-likeness (QED) is 0.255. The molecule has 0 amide bonds. The van der Waals surface area contributed by atoms with Crippen LogP contribution in [0.5, 0.6) is 5.75 Å². The van der Waals surface area contributed by atoms with Crippen LogP contribution in [-0.2, 0) is 0 Å². The van der Waals surface area contributed by atoms with Crippen molar-refractivity contribution in [3.05, 3.63) is 42.5 Å². The summed E-state index contributed by atoms with van der Waals surface area (Å²) in [5, 5.41) is 11.4. The van der Waals surface area contributed by atoms with Gasteiger partial charge < -0.3 is 9.94 Å². The molecule has 3 nitrogen and oxygen atoms in total. The van der Waals surface area contributed by atoms with Crippen LogP contribution in [-0.4, -0.2) is 18.0 Å². The normalized spacial score (nSPS) is 10.4. The van der Waals surface area contributed by atoms with Crippen LogP contribution < -0.4 is 4.74 Å². The Bertz CT molecular complexity index is 334. The molecule has 0 aliphatic heterocycles. The third-order valence-electron chi connectivity index (χ3n) is 1.93. The van der Waals surface area contributed by atoms with Crippen molar-refractivity contribution >= 4 is 6.21 Å². The van der Waals surface area contributed by atoms with Gasteiger partial charge in [0, 0.05) is 5.56 Å². The van der Waals surface area contributed by atoms with Gasteiger partial charge in [0.05, 0.1) is 12.8 Å². The molecule has 0 aliphatic carbocycles. The van der Waals surface area contributed by atoms with Crippen molar-refractivity contribution in [1.29, 1.82) is 0 Å². The Morgan fingerprint density at radius 1 is 1.40 bits per heavy atom. The number of hydrogen-bond donors (Lipinski definition) is 1. The molecule has 0 saturated carbocycles. The molecule has 0 bridgehead atoms. The van der Waals surface area contributed by atoms with E-state index in [1.165, 1.54) is 6.21 Å². The molecule has 80 valence electrons. The average molecular weight is 205 g/mol. The highest BCUT2D eigenvalue weighted by molar-refractivity contribution is 5.82. The van der Waals surface area contributed by atoms with Gasteiger partial charge in [-0.05, 0) is 25.0 Å². The molecule has 1 rings (SSSR count). The van der Waals surface area contributed by atoms with E-state index in [1.54, 1.807) is 0 Å². The summed E-state index contributed by atoms with van der Waals surface area (Å²) in [5.41, 5.74) is 0.776. The van der Waals surface area contributed by atoms with Crippen LogP contribution in [0.4, 0.5) is 0 Å². The number of nitrogens with zero attached hydrogens (tertiary/aromatic N) is 1. The third-order valence-corrected chi connectivity index (χ3v) is 1.93. The lowest BCUT2D eigenvalue weighted by Crippen LogP contribution is -1.99. The van der Waals surface area contributed by atoms with Gasteiger partial charge in [0.1, 0.15) is 5.75 Å². The van der Waals surface area contributed by atoms with E-state index in [9.17, 15) is 0 Å². The maximum Gasteiger partial charge on any atom is 0.128 e. The van der Waals surface area contributed by atoms with Gasteiger partial charge in [-0.3, -0.25) is 0 Å². The molecule has 0 radical (unpaired) electrons. The zero-order chi connectivity index (χ0) is 10.9. The summed E-state index contributed by atoms with van der Waals surface area (Å²) in [6.07, 6.45) is 5.11. The molecular formula is C12H15NO2. The van der Waals surface area contributed by atoms with E-state index in [0.717, 1.165) is 24.2 Å². The van der Waals surface area contributed by atoms with E-state index in [4.69, 9.17) is 9.94 Å². The summed E-state index contributed by atoms with van der Waals surface area (Å²) >= 11 is 0. The summed E-state index contributed by atoms with van der Waals surface area (Å²) in [6.45, 7) is 4.28. The molecule has 0 atom stereocenters. The molecule has 0 aromatic heterocycles. The molecule has 1 N–H and O–H groups in total. The maximum atomic E-state index is 8.45. The van der Waals surface area contributed by atoms with Crippen LogP contribution in [0.1, 0.15) is 18.4 Å².